The Morgan fingerprint density at radius 3 is 2.53 bits per heavy atom. The molecule has 1 N–H and O–H groups in total. The van der Waals surface area contributed by atoms with Crippen molar-refractivity contribution in [2.75, 3.05) is 6.61 Å². The van der Waals surface area contributed by atoms with Crippen LogP contribution in [0.2, 0.25) is 5.02 Å². The molecule has 9 heteroatoms. The van der Waals surface area contributed by atoms with Crippen molar-refractivity contribution in [1.82, 2.24) is 20.3 Å². The number of hydrogen-bond acceptors (Lipinski definition) is 7. The summed E-state index contributed by atoms with van der Waals surface area (Å²) in [7, 11) is 0. The second-order valence-corrected chi connectivity index (χ2v) is 7.80. The molecule has 0 aromatic carbocycles. The van der Waals surface area contributed by atoms with Gasteiger partial charge in [0, 0.05) is 37.1 Å². The number of hydrogen-bond donors (Lipinski definition) is 1. The maximum Gasteiger partial charge on any atom is 0.231 e. The summed E-state index contributed by atoms with van der Waals surface area (Å²) in [6, 6.07) is 3.79. The van der Waals surface area contributed by atoms with Crippen molar-refractivity contribution >= 4 is 17.5 Å². The number of aromatic nitrogens is 3. The van der Waals surface area contributed by atoms with Crippen LogP contribution in [0, 0.1) is 11.3 Å². The van der Waals surface area contributed by atoms with E-state index in [4.69, 9.17) is 21.1 Å². The third-order valence-corrected chi connectivity index (χ3v) is 4.98. The molecule has 1 atom stereocenters. The van der Waals surface area contributed by atoms with E-state index in [1.165, 1.54) is 19.3 Å². The standard InChI is InChI=1S/C21H24ClN5O3/c1-13(27-14(2)28)12-29-18-3-5-19(6-4-18)30-21-15(8-23)7-16(9-26-21)20-24-10-17(22)11-25-20/h7,9-11,13,18-19H,3-6,12H2,1-2H3,(H,27,28)/t13-,18?,19?/m0/s1. The van der Waals surface area contributed by atoms with E-state index in [0.717, 1.165) is 25.7 Å². The maximum atomic E-state index is 11.1. The lowest BCUT2D eigenvalue weighted by Gasteiger charge is -2.29. The fourth-order valence-corrected chi connectivity index (χ4v) is 3.45. The van der Waals surface area contributed by atoms with Crippen molar-refractivity contribution in [2.24, 2.45) is 0 Å². The van der Waals surface area contributed by atoms with Crippen LogP contribution in [0.15, 0.2) is 24.7 Å². The number of nitrogens with zero attached hydrogens (tertiary/aromatic N) is 4. The van der Waals surface area contributed by atoms with Crippen molar-refractivity contribution in [2.45, 2.75) is 57.8 Å². The van der Waals surface area contributed by atoms with Crippen LogP contribution in [0.25, 0.3) is 11.4 Å². The molecule has 30 heavy (non-hydrogen) atoms. The molecule has 2 aromatic rings. The lowest BCUT2D eigenvalue weighted by Crippen LogP contribution is -2.37. The van der Waals surface area contributed by atoms with Crippen molar-refractivity contribution in [3.05, 3.63) is 35.2 Å². The summed E-state index contributed by atoms with van der Waals surface area (Å²) in [5.74, 6) is 0.706. The van der Waals surface area contributed by atoms with Crippen molar-refractivity contribution in [3.63, 3.8) is 0 Å². The van der Waals surface area contributed by atoms with E-state index in [0.29, 0.717) is 34.5 Å². The number of carbonyl (C=O) groups excluding carboxylic acids is 1. The molecule has 158 valence electrons. The van der Waals surface area contributed by atoms with Gasteiger partial charge in [0.1, 0.15) is 17.7 Å². The fourth-order valence-electron chi connectivity index (χ4n) is 3.35. The van der Waals surface area contributed by atoms with Crippen molar-refractivity contribution in [3.8, 4) is 23.3 Å². The highest BCUT2D eigenvalue weighted by Gasteiger charge is 2.25. The normalized spacial score (nSPS) is 19.5. The van der Waals surface area contributed by atoms with Gasteiger partial charge in [-0.2, -0.15) is 5.26 Å². The first-order valence-electron chi connectivity index (χ1n) is 9.88. The molecule has 0 radical (unpaired) electrons. The van der Waals surface area contributed by atoms with Crippen LogP contribution < -0.4 is 10.1 Å². The van der Waals surface area contributed by atoms with Crippen LogP contribution in [0.5, 0.6) is 5.88 Å². The highest BCUT2D eigenvalue weighted by molar-refractivity contribution is 6.30. The zero-order valence-electron chi connectivity index (χ0n) is 17.0. The summed E-state index contributed by atoms with van der Waals surface area (Å²) in [5, 5.41) is 12.8. The molecule has 1 aliphatic carbocycles. The predicted molar refractivity (Wildman–Crippen MR) is 111 cm³/mol. The Bertz CT molecular complexity index is 908. The summed E-state index contributed by atoms with van der Waals surface area (Å²) < 4.78 is 11.9. The van der Waals surface area contributed by atoms with Crippen LogP contribution >= 0.6 is 11.6 Å². The Labute approximate surface area is 180 Å². The molecule has 0 aliphatic heterocycles. The smallest absolute Gasteiger partial charge is 0.231 e. The van der Waals surface area contributed by atoms with Gasteiger partial charge in [-0.25, -0.2) is 15.0 Å². The number of amides is 1. The van der Waals surface area contributed by atoms with Gasteiger partial charge in [-0.3, -0.25) is 4.79 Å². The number of nitrogens with one attached hydrogen (secondary N) is 1. The van der Waals surface area contributed by atoms with Gasteiger partial charge in [-0.1, -0.05) is 11.6 Å². The molecule has 0 spiro atoms. The third-order valence-electron chi connectivity index (χ3n) is 4.78. The SMILES string of the molecule is CC(=O)N[C@@H](C)COC1CCC(Oc2ncc(-c3ncc(Cl)cn3)cc2C#N)CC1. The van der Waals surface area contributed by atoms with E-state index in [2.05, 4.69) is 26.3 Å². The quantitative estimate of drug-likeness (QED) is 0.718. The van der Waals surface area contributed by atoms with Crippen LogP contribution in [-0.2, 0) is 9.53 Å². The molecule has 1 amide bonds. The maximum absolute atomic E-state index is 11.1. The summed E-state index contributed by atoms with van der Waals surface area (Å²) >= 11 is 5.82. The van der Waals surface area contributed by atoms with E-state index < -0.39 is 0 Å². The Balaban J connectivity index is 1.54. The minimum absolute atomic E-state index is 0.0120. The van der Waals surface area contributed by atoms with Gasteiger partial charge in [0.25, 0.3) is 0 Å². The minimum Gasteiger partial charge on any atom is -0.473 e. The van der Waals surface area contributed by atoms with Crippen LogP contribution in [0.3, 0.4) is 0 Å². The molecular formula is C21H24ClN5O3. The Kier molecular flexibility index (Phi) is 7.55. The third kappa shape index (κ3) is 6.12. The minimum atomic E-state index is -0.0577. The average Bonchev–Trinajstić information content (AvgIpc) is 2.73. The van der Waals surface area contributed by atoms with E-state index in [1.807, 2.05) is 6.92 Å². The van der Waals surface area contributed by atoms with Gasteiger partial charge in [0.2, 0.25) is 11.8 Å². The van der Waals surface area contributed by atoms with Gasteiger partial charge in [0.15, 0.2) is 5.82 Å². The highest BCUT2D eigenvalue weighted by atomic mass is 35.5. The number of carbonyl (C=O) groups is 1. The van der Waals surface area contributed by atoms with Gasteiger partial charge >= 0.3 is 0 Å². The summed E-state index contributed by atoms with van der Waals surface area (Å²) in [6.45, 7) is 3.91. The molecule has 2 aromatic heterocycles. The number of rotatable bonds is 7. The topological polar surface area (TPSA) is 110 Å². The Morgan fingerprint density at radius 2 is 1.90 bits per heavy atom. The molecule has 0 bridgehead atoms. The van der Waals surface area contributed by atoms with Crippen molar-refractivity contribution in [1.29, 1.82) is 5.26 Å². The molecule has 3 rings (SSSR count). The van der Waals surface area contributed by atoms with E-state index >= 15 is 0 Å². The molecule has 0 unspecified atom stereocenters. The zero-order valence-corrected chi connectivity index (χ0v) is 17.7. The second-order valence-electron chi connectivity index (χ2n) is 7.36. The summed E-state index contributed by atoms with van der Waals surface area (Å²) in [5.41, 5.74) is 0.967. The Morgan fingerprint density at radius 1 is 1.23 bits per heavy atom. The second kappa shape index (κ2) is 10.3. The summed E-state index contributed by atoms with van der Waals surface area (Å²) in [6.07, 6.45) is 8.06. The van der Waals surface area contributed by atoms with Gasteiger partial charge in [-0.15, -0.1) is 0 Å². The lowest BCUT2D eigenvalue weighted by molar-refractivity contribution is -0.120. The molecule has 1 saturated carbocycles. The lowest BCUT2D eigenvalue weighted by atomic mass is 9.95. The first-order valence-corrected chi connectivity index (χ1v) is 10.3. The van der Waals surface area contributed by atoms with Gasteiger partial charge < -0.3 is 14.8 Å². The molecule has 2 heterocycles. The number of halogens is 1. The predicted octanol–water partition coefficient (Wildman–Crippen LogP) is 3.29. The number of pyridine rings is 1. The average molecular weight is 430 g/mol. The molecule has 1 fully saturated rings. The largest absolute Gasteiger partial charge is 0.473 e. The fraction of sp³-hybridized carbons (Fsp3) is 0.476. The monoisotopic (exact) mass is 429 g/mol. The first kappa shape index (κ1) is 21.9. The molecule has 0 saturated heterocycles. The number of nitriles is 1. The molecule has 1 aliphatic rings. The highest BCUT2D eigenvalue weighted by Crippen LogP contribution is 2.28. The molecule has 8 nitrogen and oxygen atoms in total. The van der Waals surface area contributed by atoms with E-state index in [-0.39, 0.29) is 24.2 Å². The van der Waals surface area contributed by atoms with Gasteiger partial charge in [0.05, 0.1) is 17.7 Å². The van der Waals surface area contributed by atoms with E-state index in [9.17, 15) is 10.1 Å². The van der Waals surface area contributed by atoms with Crippen LogP contribution in [0.4, 0.5) is 0 Å². The molecular weight excluding hydrogens is 406 g/mol. The number of ether oxygens (including phenoxy) is 2. The first-order chi connectivity index (χ1) is 14.4. The Hall–Kier alpha value is -2.76. The van der Waals surface area contributed by atoms with Crippen LogP contribution in [0.1, 0.15) is 45.1 Å². The summed E-state index contributed by atoms with van der Waals surface area (Å²) in [4.78, 5) is 23.7. The zero-order chi connectivity index (χ0) is 21.5. The van der Waals surface area contributed by atoms with Crippen molar-refractivity contribution < 1.29 is 14.3 Å². The van der Waals surface area contributed by atoms with Crippen LogP contribution in [-0.4, -0.2) is 45.7 Å². The van der Waals surface area contributed by atoms with E-state index in [1.54, 1.807) is 12.3 Å². The van der Waals surface area contributed by atoms with Gasteiger partial charge in [-0.05, 0) is 38.7 Å².